The van der Waals surface area contributed by atoms with Gasteiger partial charge in [-0.2, -0.15) is 0 Å². The maximum absolute atomic E-state index is 10.0. The van der Waals surface area contributed by atoms with E-state index in [-0.39, 0.29) is 42.8 Å². The van der Waals surface area contributed by atoms with Crippen molar-refractivity contribution < 1.29 is 48.1 Å². The summed E-state index contributed by atoms with van der Waals surface area (Å²) in [5, 5.41) is 0. The van der Waals surface area contributed by atoms with Gasteiger partial charge in [0.2, 0.25) is 0 Å². The average molecular weight is 206 g/mol. The molecule has 1 heterocycles. The number of hydrogen-bond donors (Lipinski definition) is 2. The van der Waals surface area contributed by atoms with Gasteiger partial charge in [0.1, 0.15) is 0 Å². The first-order valence-electron chi connectivity index (χ1n) is 3.12. The molecule has 0 atom stereocenters. The molecular weight excluding hydrogens is 194 g/mol. The Morgan fingerprint density at radius 1 is 1.25 bits per heavy atom. The minimum Gasteiger partial charge on any atom is -0.756 e. The van der Waals surface area contributed by atoms with Crippen LogP contribution in [0.15, 0.2) is 0 Å². The van der Waals surface area contributed by atoms with Gasteiger partial charge in [-0.3, -0.25) is 4.57 Å². The number of phosphoric ester groups is 1. The first kappa shape index (κ1) is 15.5. The molecule has 0 aromatic rings. The Morgan fingerprint density at radius 2 is 1.58 bits per heavy atom. The molecule has 4 N–H and O–H groups in total. The second-order valence-electron chi connectivity index (χ2n) is 1.69. The summed E-state index contributed by atoms with van der Waals surface area (Å²) in [4.78, 5) is 10.0. The molecule has 1 saturated heterocycles. The molecule has 1 aliphatic heterocycles. The summed E-state index contributed by atoms with van der Waals surface area (Å²) in [5.41, 5.74) is 9.81. The fourth-order valence-electron chi connectivity index (χ4n) is 0.335. The van der Waals surface area contributed by atoms with Crippen molar-refractivity contribution in [1.29, 1.82) is 0 Å². The van der Waals surface area contributed by atoms with E-state index in [9.17, 15) is 9.46 Å². The van der Waals surface area contributed by atoms with E-state index in [4.69, 9.17) is 11.5 Å². The van der Waals surface area contributed by atoms with Crippen LogP contribution in [-0.2, 0) is 13.6 Å². The molecule has 0 bridgehead atoms. The fraction of sp³-hybridized carbons (Fsp3) is 1.00. The van der Waals surface area contributed by atoms with E-state index in [0.29, 0.717) is 13.1 Å². The molecule has 0 saturated carbocycles. The zero-order valence-electron chi connectivity index (χ0n) is 7.06. The molecule has 0 spiro atoms. The van der Waals surface area contributed by atoms with Crippen molar-refractivity contribution in [3.63, 3.8) is 0 Å². The molecule has 0 amide bonds. The van der Waals surface area contributed by atoms with Crippen LogP contribution in [0.5, 0.6) is 0 Å². The van der Waals surface area contributed by atoms with Crippen LogP contribution >= 0.6 is 7.82 Å². The predicted octanol–water partition coefficient (Wildman–Crippen LogP) is -4.59. The largest absolute Gasteiger partial charge is 1.00 e. The predicted molar refractivity (Wildman–Crippen MR) is 37.6 cm³/mol. The molecule has 6 nitrogen and oxygen atoms in total. The summed E-state index contributed by atoms with van der Waals surface area (Å²) in [6, 6.07) is 0. The zero-order chi connectivity index (χ0) is 8.74. The van der Waals surface area contributed by atoms with E-state index in [1.54, 1.807) is 0 Å². The van der Waals surface area contributed by atoms with Gasteiger partial charge in [-0.05, 0) is 0 Å². The Hall–Kier alpha value is 1.03. The molecule has 0 aromatic heterocycles. The normalized spacial score (nSPS) is 18.9. The van der Waals surface area contributed by atoms with E-state index < -0.39 is 7.82 Å². The summed E-state index contributed by atoms with van der Waals surface area (Å²) in [6.45, 7) is 1.53. The van der Waals surface area contributed by atoms with Gasteiger partial charge in [-0.1, -0.05) is 0 Å². The molecule has 0 aliphatic carbocycles. The monoisotopic (exact) mass is 206 g/mol. The van der Waals surface area contributed by atoms with Crippen LogP contribution < -0.4 is 45.9 Å². The van der Waals surface area contributed by atoms with E-state index >= 15 is 0 Å². The smallest absolute Gasteiger partial charge is 0.756 e. The Kier molecular flexibility index (Phi) is 11.1. The first-order chi connectivity index (χ1) is 5.12. The molecule has 8 heteroatoms. The number of hydrogen-bond acceptors (Lipinski definition) is 6. The molecule has 0 unspecified atom stereocenters. The van der Waals surface area contributed by atoms with Crippen LogP contribution in [0, 0.1) is 0 Å². The summed E-state index contributed by atoms with van der Waals surface area (Å²) >= 11 is 0. The van der Waals surface area contributed by atoms with Gasteiger partial charge in [-0.25, -0.2) is 0 Å². The third-order valence-corrected chi connectivity index (χ3v) is 1.75. The second kappa shape index (κ2) is 8.62. The first-order valence-corrected chi connectivity index (χ1v) is 4.58. The topological polar surface area (TPSA) is 111 Å². The standard InChI is InChI=1S/C2H8N2.C2H5O4P.Na/c3-1-2-4;3-7(4)5-1-2-6-7;/h1-4H2;1-2H2,(H,3,4);/q;;+1/p-1. The molecule has 1 fully saturated rings. The van der Waals surface area contributed by atoms with Gasteiger partial charge in [0.15, 0.2) is 0 Å². The van der Waals surface area contributed by atoms with Gasteiger partial charge in [0.25, 0.3) is 7.82 Å². The van der Waals surface area contributed by atoms with E-state index in [2.05, 4.69) is 9.05 Å². The van der Waals surface area contributed by atoms with Crippen LogP contribution in [0.4, 0.5) is 0 Å². The van der Waals surface area contributed by atoms with Crippen LogP contribution in [0.2, 0.25) is 0 Å². The summed E-state index contributed by atoms with van der Waals surface area (Å²) in [6.07, 6.45) is 0. The minimum atomic E-state index is -3.79. The maximum Gasteiger partial charge on any atom is 1.00 e. The second-order valence-corrected chi connectivity index (χ2v) is 3.10. The fourth-order valence-corrected chi connectivity index (χ4v) is 1.01. The SMILES string of the molecule is NCCN.O=P1([O-])OCCO1.[Na+]. The summed E-state index contributed by atoms with van der Waals surface area (Å²) in [5.74, 6) is 0. The van der Waals surface area contributed by atoms with Gasteiger partial charge >= 0.3 is 29.6 Å². The third-order valence-electron chi connectivity index (χ3n) is 0.749. The quantitative estimate of drug-likeness (QED) is 0.330. The molecule has 1 rings (SSSR count). The van der Waals surface area contributed by atoms with Crippen molar-refractivity contribution in [1.82, 2.24) is 0 Å². The summed E-state index contributed by atoms with van der Waals surface area (Å²) < 4.78 is 18.2. The van der Waals surface area contributed by atoms with Gasteiger partial charge in [0.05, 0.1) is 13.2 Å². The molecule has 0 aromatic carbocycles. The van der Waals surface area contributed by atoms with Crippen LogP contribution in [-0.4, -0.2) is 26.3 Å². The number of phosphoric acid groups is 1. The van der Waals surface area contributed by atoms with E-state index in [1.165, 1.54) is 0 Å². The molecule has 0 radical (unpaired) electrons. The van der Waals surface area contributed by atoms with Gasteiger partial charge in [-0.15, -0.1) is 0 Å². The Bertz CT molecular complexity index is 135. The van der Waals surface area contributed by atoms with Gasteiger partial charge in [0, 0.05) is 13.1 Å². The molecule has 1 aliphatic rings. The van der Waals surface area contributed by atoms with Crippen molar-refractivity contribution in [2.75, 3.05) is 26.3 Å². The van der Waals surface area contributed by atoms with E-state index in [1.807, 2.05) is 0 Å². The molecule has 12 heavy (non-hydrogen) atoms. The number of nitrogens with two attached hydrogens (primary N) is 2. The van der Waals surface area contributed by atoms with Crippen molar-refractivity contribution in [3.05, 3.63) is 0 Å². The van der Waals surface area contributed by atoms with Crippen molar-refractivity contribution >= 4 is 7.82 Å². The Labute approximate surface area is 93.5 Å². The van der Waals surface area contributed by atoms with Crippen LogP contribution in [0.1, 0.15) is 0 Å². The zero-order valence-corrected chi connectivity index (χ0v) is 9.96. The van der Waals surface area contributed by atoms with Crippen molar-refractivity contribution in [2.45, 2.75) is 0 Å². The molecular formula is C4H12N2NaO4P. The van der Waals surface area contributed by atoms with Crippen LogP contribution in [0.3, 0.4) is 0 Å². The maximum atomic E-state index is 10.0. The van der Waals surface area contributed by atoms with E-state index in [0.717, 1.165) is 0 Å². The average Bonchev–Trinajstić information content (AvgIpc) is 2.35. The Balaban J connectivity index is 0. The van der Waals surface area contributed by atoms with Gasteiger partial charge < -0.3 is 25.4 Å². The van der Waals surface area contributed by atoms with Crippen molar-refractivity contribution in [2.24, 2.45) is 11.5 Å². The Morgan fingerprint density at radius 3 is 1.67 bits per heavy atom. The number of rotatable bonds is 1. The summed E-state index contributed by atoms with van der Waals surface area (Å²) in [7, 11) is -3.79. The molecule has 68 valence electrons. The minimum absolute atomic E-state index is 0. The van der Waals surface area contributed by atoms with Crippen LogP contribution in [0.25, 0.3) is 0 Å². The van der Waals surface area contributed by atoms with Crippen molar-refractivity contribution in [3.8, 4) is 0 Å². The third kappa shape index (κ3) is 9.12.